The van der Waals surface area contributed by atoms with E-state index in [-0.39, 0.29) is 17.6 Å². The van der Waals surface area contributed by atoms with Gasteiger partial charge in [-0.15, -0.1) is 11.3 Å². The van der Waals surface area contributed by atoms with Crippen LogP contribution in [0.5, 0.6) is 0 Å². The fraction of sp³-hybridized carbons (Fsp3) is 0.333. The van der Waals surface area contributed by atoms with Gasteiger partial charge in [0.15, 0.2) is 5.76 Å². The molecule has 0 aromatic carbocycles. The fourth-order valence-electron chi connectivity index (χ4n) is 2.88. The Kier molecular flexibility index (Phi) is 3.77. The lowest BCUT2D eigenvalue weighted by molar-refractivity contribution is 0.0656. The molecule has 0 spiro atoms. The Morgan fingerprint density at radius 1 is 1.21 bits per heavy atom. The van der Waals surface area contributed by atoms with Crippen molar-refractivity contribution in [1.82, 2.24) is 24.7 Å². The lowest BCUT2D eigenvalue weighted by Crippen LogP contribution is -2.41. The highest BCUT2D eigenvalue weighted by atomic mass is 32.1. The molecule has 4 rings (SSSR count). The van der Waals surface area contributed by atoms with Gasteiger partial charge in [-0.05, 0) is 52.9 Å². The van der Waals surface area contributed by atoms with Crippen LogP contribution in [-0.2, 0) is 0 Å². The summed E-state index contributed by atoms with van der Waals surface area (Å²) < 4.78 is 7.89. The van der Waals surface area contributed by atoms with E-state index in [1.165, 1.54) is 27.0 Å². The van der Waals surface area contributed by atoms with Crippen LogP contribution in [-0.4, -0.2) is 43.7 Å². The third kappa shape index (κ3) is 2.56. The molecule has 0 atom stereocenters. The number of hydrogen-bond acceptors (Lipinski definition) is 6. The normalized spacial score (nSPS) is 15.8. The molecule has 8 nitrogen and oxygen atoms in total. The van der Waals surface area contributed by atoms with Crippen LogP contribution in [0, 0.1) is 0 Å². The summed E-state index contributed by atoms with van der Waals surface area (Å²) in [6, 6.07) is 7.00. The topological polar surface area (TPSA) is 86.2 Å². The molecule has 0 N–H and O–H groups in total. The molecule has 1 aliphatic heterocycles. The minimum absolute atomic E-state index is 0.0492. The molecule has 0 aliphatic carbocycles. The van der Waals surface area contributed by atoms with Crippen molar-refractivity contribution in [2.45, 2.75) is 18.9 Å². The van der Waals surface area contributed by atoms with E-state index in [0.717, 1.165) is 5.00 Å². The number of hydrogen-bond donors (Lipinski definition) is 0. The molecule has 124 valence electrons. The summed E-state index contributed by atoms with van der Waals surface area (Å²) in [4.78, 5) is 26.5. The number of amides is 1. The standard InChI is InChI=1S/C15H15N5O3S/c21-14(12-3-1-9-23-12)18-7-5-11(6-8-18)19-15(22)20(17-16-19)13-4-2-10-24-13/h1-4,9-11H,5-8H2. The predicted octanol–water partition coefficient (Wildman–Crippen LogP) is 1.56. The maximum absolute atomic E-state index is 12.5. The van der Waals surface area contributed by atoms with E-state index in [0.29, 0.717) is 31.7 Å². The minimum Gasteiger partial charge on any atom is -0.459 e. The average Bonchev–Trinajstić information content (AvgIpc) is 3.36. The summed E-state index contributed by atoms with van der Waals surface area (Å²) >= 11 is 1.44. The molecule has 4 heterocycles. The van der Waals surface area contributed by atoms with Crippen molar-refractivity contribution in [3.05, 3.63) is 52.2 Å². The molecule has 0 radical (unpaired) electrons. The van der Waals surface area contributed by atoms with Crippen molar-refractivity contribution >= 4 is 17.2 Å². The lowest BCUT2D eigenvalue weighted by atomic mass is 10.1. The van der Waals surface area contributed by atoms with Crippen LogP contribution < -0.4 is 5.69 Å². The Labute approximate surface area is 140 Å². The van der Waals surface area contributed by atoms with Gasteiger partial charge in [-0.1, -0.05) is 0 Å². The van der Waals surface area contributed by atoms with Crippen LogP contribution in [0.25, 0.3) is 5.00 Å². The van der Waals surface area contributed by atoms with Gasteiger partial charge in [0.05, 0.1) is 12.3 Å². The van der Waals surface area contributed by atoms with Crippen molar-refractivity contribution in [2.75, 3.05) is 13.1 Å². The SMILES string of the molecule is O=C(c1ccco1)N1CCC(n2nnn(-c3cccs3)c2=O)CC1. The summed E-state index contributed by atoms with van der Waals surface area (Å²) in [5.74, 6) is 0.224. The Hall–Kier alpha value is -2.68. The average molecular weight is 345 g/mol. The first kappa shape index (κ1) is 14.9. The number of piperidine rings is 1. The number of rotatable bonds is 3. The van der Waals surface area contributed by atoms with E-state index >= 15 is 0 Å². The van der Waals surface area contributed by atoms with E-state index in [9.17, 15) is 9.59 Å². The Balaban J connectivity index is 1.47. The molecule has 1 aliphatic rings. The number of thiophene rings is 1. The van der Waals surface area contributed by atoms with Crippen molar-refractivity contribution < 1.29 is 9.21 Å². The van der Waals surface area contributed by atoms with Gasteiger partial charge in [-0.3, -0.25) is 4.79 Å². The smallest absolute Gasteiger partial charge is 0.369 e. The van der Waals surface area contributed by atoms with Crippen LogP contribution in [0.15, 0.2) is 45.1 Å². The van der Waals surface area contributed by atoms with Crippen molar-refractivity contribution in [1.29, 1.82) is 0 Å². The van der Waals surface area contributed by atoms with Crippen LogP contribution in [0.1, 0.15) is 29.4 Å². The summed E-state index contributed by atoms with van der Waals surface area (Å²) in [7, 11) is 0. The van der Waals surface area contributed by atoms with E-state index in [2.05, 4.69) is 10.4 Å². The fourth-order valence-corrected chi connectivity index (χ4v) is 3.55. The molecule has 1 amide bonds. The lowest BCUT2D eigenvalue weighted by Gasteiger charge is -2.30. The monoisotopic (exact) mass is 345 g/mol. The Morgan fingerprint density at radius 2 is 2.04 bits per heavy atom. The first-order valence-electron chi connectivity index (χ1n) is 7.65. The van der Waals surface area contributed by atoms with Gasteiger partial charge in [-0.2, -0.15) is 9.36 Å². The second-order valence-electron chi connectivity index (χ2n) is 5.57. The first-order valence-corrected chi connectivity index (χ1v) is 8.53. The first-order chi connectivity index (χ1) is 11.7. The highest BCUT2D eigenvalue weighted by molar-refractivity contribution is 7.12. The maximum atomic E-state index is 12.5. The van der Waals surface area contributed by atoms with Crippen LogP contribution in [0.3, 0.4) is 0 Å². The molecule has 1 saturated heterocycles. The van der Waals surface area contributed by atoms with Crippen LogP contribution >= 0.6 is 11.3 Å². The molecule has 1 fully saturated rings. The zero-order chi connectivity index (χ0) is 16.5. The van der Waals surface area contributed by atoms with Gasteiger partial charge in [-0.25, -0.2) is 4.79 Å². The largest absolute Gasteiger partial charge is 0.459 e. The molecular formula is C15H15N5O3S. The number of furan rings is 1. The predicted molar refractivity (Wildman–Crippen MR) is 86.4 cm³/mol. The zero-order valence-corrected chi connectivity index (χ0v) is 13.6. The van der Waals surface area contributed by atoms with Gasteiger partial charge >= 0.3 is 5.69 Å². The zero-order valence-electron chi connectivity index (χ0n) is 12.7. The summed E-state index contributed by atoms with van der Waals surface area (Å²) in [6.45, 7) is 1.12. The molecule has 9 heteroatoms. The number of likely N-dealkylation sites (tertiary alicyclic amines) is 1. The van der Waals surface area contributed by atoms with Gasteiger partial charge in [0.1, 0.15) is 5.00 Å². The summed E-state index contributed by atoms with van der Waals surface area (Å²) in [6.07, 6.45) is 2.81. The Morgan fingerprint density at radius 3 is 2.71 bits per heavy atom. The molecule has 0 saturated carbocycles. The van der Waals surface area contributed by atoms with E-state index < -0.39 is 0 Å². The Bertz CT molecular complexity index is 873. The van der Waals surface area contributed by atoms with Crippen molar-refractivity contribution in [3.63, 3.8) is 0 Å². The number of nitrogens with zero attached hydrogens (tertiary/aromatic N) is 5. The highest BCUT2D eigenvalue weighted by Crippen LogP contribution is 2.22. The highest BCUT2D eigenvalue weighted by Gasteiger charge is 2.28. The summed E-state index contributed by atoms with van der Waals surface area (Å²) in [5, 5.41) is 10.6. The number of carbonyl (C=O) groups excluding carboxylic acids is 1. The van der Waals surface area contributed by atoms with Gasteiger partial charge in [0.2, 0.25) is 0 Å². The second-order valence-corrected chi connectivity index (χ2v) is 6.50. The van der Waals surface area contributed by atoms with E-state index in [1.54, 1.807) is 17.0 Å². The second kappa shape index (κ2) is 6.08. The van der Waals surface area contributed by atoms with Crippen molar-refractivity contribution in [2.24, 2.45) is 0 Å². The molecular weight excluding hydrogens is 330 g/mol. The third-order valence-corrected chi connectivity index (χ3v) is 4.99. The quantitative estimate of drug-likeness (QED) is 0.719. The number of tetrazole rings is 1. The molecule has 3 aromatic rings. The summed E-state index contributed by atoms with van der Waals surface area (Å²) in [5.41, 5.74) is -0.242. The van der Waals surface area contributed by atoms with E-state index in [4.69, 9.17) is 4.42 Å². The maximum Gasteiger partial charge on any atom is 0.369 e. The minimum atomic E-state index is -0.242. The van der Waals surface area contributed by atoms with E-state index in [1.807, 2.05) is 17.5 Å². The molecule has 24 heavy (non-hydrogen) atoms. The van der Waals surface area contributed by atoms with Crippen LogP contribution in [0.2, 0.25) is 0 Å². The van der Waals surface area contributed by atoms with Crippen LogP contribution in [0.4, 0.5) is 0 Å². The molecule has 0 bridgehead atoms. The van der Waals surface area contributed by atoms with Gasteiger partial charge in [0.25, 0.3) is 5.91 Å². The number of aromatic nitrogens is 4. The molecule has 0 unspecified atom stereocenters. The molecule has 3 aromatic heterocycles. The van der Waals surface area contributed by atoms with Crippen molar-refractivity contribution in [3.8, 4) is 5.00 Å². The third-order valence-electron chi connectivity index (χ3n) is 4.15. The number of carbonyl (C=O) groups is 1. The van der Waals surface area contributed by atoms with Gasteiger partial charge < -0.3 is 9.32 Å². The van der Waals surface area contributed by atoms with Gasteiger partial charge in [0, 0.05) is 13.1 Å².